The molecule has 6 rings (SSSR count). The van der Waals surface area contributed by atoms with Gasteiger partial charge in [-0.15, -0.1) is 10.2 Å². The number of fused-ring (bicyclic) bond motifs is 1. The number of hydrogen-bond acceptors (Lipinski definition) is 8. The van der Waals surface area contributed by atoms with E-state index in [1.54, 1.807) is 24.0 Å². The quantitative estimate of drug-likeness (QED) is 0.431. The Bertz CT molecular complexity index is 1450. The molecule has 2 unspecified atom stereocenters. The van der Waals surface area contributed by atoms with Crippen LogP contribution in [0.15, 0.2) is 30.6 Å². The number of aryl methyl sites for hydroxylation is 1. The molecule has 3 aromatic heterocycles. The Hall–Kier alpha value is -3.98. The Morgan fingerprint density at radius 2 is 1.98 bits per heavy atom. The van der Waals surface area contributed by atoms with Gasteiger partial charge in [-0.25, -0.2) is 13.8 Å². The second-order valence-corrected chi connectivity index (χ2v) is 10.9. The number of carbonyl (C=O) groups is 2. The summed E-state index contributed by atoms with van der Waals surface area (Å²) in [4.78, 5) is 34.6. The lowest BCUT2D eigenvalue weighted by Crippen LogP contribution is -2.50. The molecule has 0 aromatic carbocycles. The Morgan fingerprint density at radius 3 is 2.60 bits per heavy atom. The molecular weight excluding hydrogens is 538 g/mol. The van der Waals surface area contributed by atoms with Gasteiger partial charge in [0.25, 0.3) is 12.3 Å². The average Bonchev–Trinajstić information content (AvgIpc) is 3.66. The van der Waals surface area contributed by atoms with E-state index in [1.165, 1.54) is 36.9 Å². The minimum Gasteiger partial charge on any atom is -0.495 e. The molecule has 0 bridgehead atoms. The van der Waals surface area contributed by atoms with E-state index in [1.807, 2.05) is 0 Å². The molecule has 2 aliphatic carbocycles. The van der Waals surface area contributed by atoms with E-state index in [0.29, 0.717) is 51.2 Å². The molecule has 1 aliphatic heterocycles. The first-order chi connectivity index (χ1) is 19.3. The first kappa shape index (κ1) is 27.6. The molecule has 9 nitrogen and oxygen atoms in total. The minimum absolute atomic E-state index is 0.160. The van der Waals surface area contributed by atoms with Crippen LogP contribution in [0, 0.1) is 36.5 Å². The van der Waals surface area contributed by atoms with Crippen molar-refractivity contribution >= 4 is 34.1 Å². The number of anilines is 2. The second-order valence-electron chi connectivity index (χ2n) is 9.92. The van der Waals surface area contributed by atoms with Crippen LogP contribution in [-0.2, 0) is 4.79 Å². The Balaban J connectivity index is 0.000000227. The highest BCUT2D eigenvalue weighted by Crippen LogP contribution is 2.42. The van der Waals surface area contributed by atoms with Crippen LogP contribution in [0.1, 0.15) is 65.2 Å². The molecule has 208 valence electrons. The van der Waals surface area contributed by atoms with E-state index in [-0.39, 0.29) is 23.4 Å². The third kappa shape index (κ3) is 6.42. The van der Waals surface area contributed by atoms with E-state index in [4.69, 9.17) is 4.74 Å². The number of hydrogen-bond donors (Lipinski definition) is 1. The van der Waals surface area contributed by atoms with Crippen molar-refractivity contribution in [1.82, 2.24) is 20.2 Å². The van der Waals surface area contributed by atoms with Gasteiger partial charge in [-0.05, 0) is 74.6 Å². The van der Waals surface area contributed by atoms with Gasteiger partial charge >= 0.3 is 0 Å². The SMILES string of the molecule is COc1cnc(C(F)F)cc1C.O=C(Nc1nnc(C#CC2CC2)s1)c1ccc(N2CCC3CCC3C2=O)nc1. The summed E-state index contributed by atoms with van der Waals surface area (Å²) in [6.45, 7) is 2.40. The molecule has 1 saturated heterocycles. The monoisotopic (exact) mass is 566 g/mol. The van der Waals surface area contributed by atoms with E-state index >= 15 is 0 Å². The molecule has 3 fully saturated rings. The minimum atomic E-state index is -2.52. The summed E-state index contributed by atoms with van der Waals surface area (Å²) in [6.07, 6.45) is 5.77. The smallest absolute Gasteiger partial charge is 0.280 e. The molecule has 40 heavy (non-hydrogen) atoms. The maximum Gasteiger partial charge on any atom is 0.280 e. The fraction of sp³-hybridized carbons (Fsp3) is 0.429. The van der Waals surface area contributed by atoms with Crippen LogP contribution < -0.4 is 15.0 Å². The van der Waals surface area contributed by atoms with Gasteiger partial charge in [-0.2, -0.15) is 0 Å². The van der Waals surface area contributed by atoms with Crippen LogP contribution in [0.4, 0.5) is 19.7 Å². The van der Waals surface area contributed by atoms with Gasteiger partial charge in [0.1, 0.15) is 17.3 Å². The number of nitrogens with one attached hydrogen (secondary N) is 1. The Morgan fingerprint density at radius 1 is 1.15 bits per heavy atom. The number of rotatable bonds is 5. The summed E-state index contributed by atoms with van der Waals surface area (Å²) in [5.74, 6) is 8.33. The zero-order chi connectivity index (χ0) is 28.2. The Labute approximate surface area is 234 Å². The number of alkyl halides is 2. The van der Waals surface area contributed by atoms with Crippen molar-refractivity contribution in [3.05, 3.63) is 52.4 Å². The molecule has 2 saturated carbocycles. The highest BCUT2D eigenvalue weighted by atomic mass is 32.1. The van der Waals surface area contributed by atoms with Gasteiger partial charge in [-0.1, -0.05) is 17.3 Å². The van der Waals surface area contributed by atoms with Gasteiger partial charge in [0.05, 0.1) is 18.9 Å². The normalized spacial score (nSPS) is 19.4. The third-order valence-electron chi connectivity index (χ3n) is 7.14. The van der Waals surface area contributed by atoms with Crippen LogP contribution in [0.5, 0.6) is 5.75 Å². The summed E-state index contributed by atoms with van der Waals surface area (Å²) in [7, 11) is 1.48. The summed E-state index contributed by atoms with van der Waals surface area (Å²) < 4.78 is 29.0. The highest BCUT2D eigenvalue weighted by molar-refractivity contribution is 7.15. The third-order valence-corrected chi connectivity index (χ3v) is 7.90. The summed E-state index contributed by atoms with van der Waals surface area (Å²) in [6, 6.07) is 4.74. The predicted octanol–water partition coefficient (Wildman–Crippen LogP) is 5.05. The van der Waals surface area contributed by atoms with Gasteiger partial charge in [-0.3, -0.25) is 24.8 Å². The molecule has 3 aliphatic rings. The number of halogens is 2. The van der Waals surface area contributed by atoms with Crippen molar-refractivity contribution < 1.29 is 23.1 Å². The first-order valence-corrected chi connectivity index (χ1v) is 13.9. The van der Waals surface area contributed by atoms with Crippen LogP contribution in [-0.4, -0.2) is 45.6 Å². The van der Waals surface area contributed by atoms with Crippen molar-refractivity contribution in [2.75, 3.05) is 23.9 Å². The van der Waals surface area contributed by atoms with Gasteiger partial charge in [0.15, 0.2) is 5.01 Å². The fourth-order valence-electron chi connectivity index (χ4n) is 4.54. The standard InChI is InChI=1S/C20H19N5O2S.C8H9F2NO/c26-18(22-20-24-23-17(28-20)8-3-12-1-2-12)14-5-7-16(21-11-14)25-10-9-13-4-6-15(13)19(25)27;1-5-3-6(8(9)10)11-4-7(5)12-2/h5,7,11-13,15H,1-2,4,6,9-10H2,(H,22,24,26);3-4,8H,1-2H3. The van der Waals surface area contributed by atoms with Gasteiger partial charge in [0, 0.05) is 24.6 Å². The van der Waals surface area contributed by atoms with Gasteiger partial charge < -0.3 is 4.74 Å². The molecule has 0 spiro atoms. The highest BCUT2D eigenvalue weighted by Gasteiger charge is 2.43. The van der Waals surface area contributed by atoms with Crippen LogP contribution in [0.2, 0.25) is 0 Å². The zero-order valence-corrected chi connectivity index (χ0v) is 22.9. The number of methoxy groups -OCH3 is 1. The predicted molar refractivity (Wildman–Crippen MR) is 145 cm³/mol. The van der Waals surface area contributed by atoms with Crippen molar-refractivity contribution in [1.29, 1.82) is 0 Å². The number of nitrogens with zero attached hydrogens (tertiary/aromatic N) is 5. The lowest BCUT2D eigenvalue weighted by Gasteiger charge is -2.43. The van der Waals surface area contributed by atoms with Crippen molar-refractivity contribution in [3.63, 3.8) is 0 Å². The Kier molecular flexibility index (Phi) is 8.30. The average molecular weight is 567 g/mol. The molecule has 3 aromatic rings. The van der Waals surface area contributed by atoms with Crippen molar-refractivity contribution in [2.24, 2.45) is 17.8 Å². The van der Waals surface area contributed by atoms with Crippen molar-refractivity contribution in [3.8, 4) is 17.6 Å². The molecule has 12 heteroatoms. The van der Waals surface area contributed by atoms with Crippen LogP contribution in [0.3, 0.4) is 0 Å². The van der Waals surface area contributed by atoms with E-state index < -0.39 is 6.43 Å². The number of aromatic nitrogens is 4. The molecule has 1 N–H and O–H groups in total. The van der Waals surface area contributed by atoms with Gasteiger partial charge in [0.2, 0.25) is 11.0 Å². The van der Waals surface area contributed by atoms with Crippen LogP contribution in [0.25, 0.3) is 0 Å². The number of piperidine rings is 1. The summed E-state index contributed by atoms with van der Waals surface area (Å²) in [5.41, 5.74) is 0.867. The number of ether oxygens (including phenoxy) is 1. The second kappa shape index (κ2) is 12.0. The molecule has 4 heterocycles. The van der Waals surface area contributed by atoms with E-state index in [2.05, 4.69) is 37.3 Å². The van der Waals surface area contributed by atoms with Crippen LogP contribution >= 0.6 is 11.3 Å². The number of amides is 2. The first-order valence-electron chi connectivity index (χ1n) is 13.0. The number of pyridine rings is 2. The molecule has 2 atom stereocenters. The largest absolute Gasteiger partial charge is 0.495 e. The molecular formula is C28H28F2N6O3S. The molecule has 2 amide bonds. The molecule has 0 radical (unpaired) electrons. The fourth-order valence-corrected chi connectivity index (χ4v) is 5.14. The lowest BCUT2D eigenvalue weighted by atomic mass is 9.69. The van der Waals surface area contributed by atoms with Crippen molar-refractivity contribution in [2.45, 2.75) is 45.5 Å². The lowest BCUT2D eigenvalue weighted by molar-refractivity contribution is -0.129. The number of carbonyl (C=O) groups excluding carboxylic acids is 2. The topological polar surface area (TPSA) is 110 Å². The summed E-state index contributed by atoms with van der Waals surface area (Å²) >= 11 is 1.26. The van der Waals surface area contributed by atoms with E-state index in [0.717, 1.165) is 32.1 Å². The van der Waals surface area contributed by atoms with E-state index in [9.17, 15) is 18.4 Å². The maximum absolute atomic E-state index is 12.5. The zero-order valence-electron chi connectivity index (χ0n) is 22.1. The summed E-state index contributed by atoms with van der Waals surface area (Å²) in [5, 5.41) is 11.7. The maximum atomic E-state index is 12.5.